The fourth-order valence-corrected chi connectivity index (χ4v) is 2.95. The Morgan fingerprint density at radius 3 is 2.25 bits per heavy atom. The molecule has 0 bridgehead atoms. The lowest BCUT2D eigenvalue weighted by Gasteiger charge is -2.37. The highest BCUT2D eigenvalue weighted by Crippen LogP contribution is 2.42. The summed E-state index contributed by atoms with van der Waals surface area (Å²) < 4.78 is 37.9. The number of alkyl halides is 3. The second kappa shape index (κ2) is 5.40. The third kappa shape index (κ3) is 3.54. The highest BCUT2D eigenvalue weighted by Gasteiger charge is 2.45. The first-order chi connectivity index (χ1) is 9.20. The van der Waals surface area contributed by atoms with E-state index in [9.17, 15) is 18.3 Å². The van der Waals surface area contributed by atoms with Crippen LogP contribution in [0.15, 0.2) is 18.2 Å². The van der Waals surface area contributed by atoms with Crippen molar-refractivity contribution in [1.82, 2.24) is 0 Å². The molecular formula is C16H21F3O. The maximum absolute atomic E-state index is 12.6. The summed E-state index contributed by atoms with van der Waals surface area (Å²) >= 11 is 0. The molecule has 112 valence electrons. The Labute approximate surface area is 117 Å². The molecule has 2 rings (SSSR count). The number of hydrogen-bond acceptors (Lipinski definition) is 1. The van der Waals surface area contributed by atoms with E-state index in [4.69, 9.17) is 0 Å². The molecule has 1 fully saturated rings. The Morgan fingerprint density at radius 1 is 1.15 bits per heavy atom. The largest absolute Gasteiger partial charge is 0.391 e. The number of aliphatic hydroxyl groups is 1. The van der Waals surface area contributed by atoms with Crippen molar-refractivity contribution in [3.05, 3.63) is 34.9 Å². The van der Waals surface area contributed by atoms with Gasteiger partial charge < -0.3 is 5.11 Å². The maximum Gasteiger partial charge on any atom is 0.391 e. The first-order valence-electron chi connectivity index (χ1n) is 7.05. The molecule has 0 atom stereocenters. The molecule has 0 unspecified atom stereocenters. The highest BCUT2D eigenvalue weighted by atomic mass is 19.4. The molecule has 0 heterocycles. The number of halogens is 3. The van der Waals surface area contributed by atoms with E-state index in [1.807, 2.05) is 32.0 Å². The summed E-state index contributed by atoms with van der Waals surface area (Å²) in [5.74, 6) is -1.25. The van der Waals surface area contributed by atoms with Crippen molar-refractivity contribution < 1.29 is 18.3 Å². The lowest BCUT2D eigenvalue weighted by atomic mass is 9.75. The minimum absolute atomic E-state index is 0.0326. The molecule has 1 saturated carbocycles. The smallest absolute Gasteiger partial charge is 0.390 e. The topological polar surface area (TPSA) is 20.2 Å². The van der Waals surface area contributed by atoms with Gasteiger partial charge in [-0.15, -0.1) is 0 Å². The predicted octanol–water partition coefficient (Wildman–Crippen LogP) is 4.33. The molecule has 1 N–H and O–H groups in total. The summed E-state index contributed by atoms with van der Waals surface area (Å²) in [6, 6.07) is 5.97. The second-order valence-corrected chi connectivity index (χ2v) is 6.14. The van der Waals surface area contributed by atoms with Gasteiger partial charge in [0.15, 0.2) is 0 Å². The van der Waals surface area contributed by atoms with E-state index in [0.717, 1.165) is 11.1 Å². The van der Waals surface area contributed by atoms with Gasteiger partial charge in [0.25, 0.3) is 0 Å². The van der Waals surface area contributed by atoms with Gasteiger partial charge in [0, 0.05) is 6.42 Å². The molecule has 1 aliphatic rings. The van der Waals surface area contributed by atoms with Crippen molar-refractivity contribution in [3.8, 4) is 0 Å². The standard InChI is InChI=1S/C16H21F3O/c1-11-3-4-13(9-12(11)2)10-15(20)7-5-14(6-8-15)16(17,18)19/h3-4,9,14,20H,5-8,10H2,1-2H3. The average Bonchev–Trinajstić information content (AvgIpc) is 2.33. The summed E-state index contributed by atoms with van der Waals surface area (Å²) in [6.45, 7) is 4.02. The monoisotopic (exact) mass is 286 g/mol. The number of hydrogen-bond donors (Lipinski definition) is 1. The highest BCUT2D eigenvalue weighted by molar-refractivity contribution is 5.30. The van der Waals surface area contributed by atoms with Crippen LogP contribution in [0.3, 0.4) is 0 Å². The van der Waals surface area contributed by atoms with Gasteiger partial charge in [0.2, 0.25) is 0 Å². The third-order valence-corrected chi connectivity index (χ3v) is 4.48. The summed E-state index contributed by atoms with van der Waals surface area (Å²) in [5.41, 5.74) is 2.35. The van der Waals surface area contributed by atoms with E-state index in [1.165, 1.54) is 5.56 Å². The second-order valence-electron chi connectivity index (χ2n) is 6.14. The van der Waals surface area contributed by atoms with Crippen LogP contribution in [0.1, 0.15) is 42.4 Å². The molecule has 4 heteroatoms. The van der Waals surface area contributed by atoms with Gasteiger partial charge in [-0.05, 0) is 56.2 Å². The molecule has 1 nitrogen and oxygen atoms in total. The lowest BCUT2D eigenvalue weighted by Crippen LogP contribution is -2.39. The van der Waals surface area contributed by atoms with Crippen LogP contribution in [0.5, 0.6) is 0 Å². The Bertz CT molecular complexity index is 471. The average molecular weight is 286 g/mol. The predicted molar refractivity (Wildman–Crippen MR) is 72.6 cm³/mol. The Kier molecular flexibility index (Phi) is 4.14. The number of aryl methyl sites for hydroxylation is 2. The van der Waals surface area contributed by atoms with Crippen molar-refractivity contribution in [1.29, 1.82) is 0 Å². The van der Waals surface area contributed by atoms with Gasteiger partial charge in [0.05, 0.1) is 11.5 Å². The Hall–Kier alpha value is -1.03. The fraction of sp³-hybridized carbons (Fsp3) is 0.625. The van der Waals surface area contributed by atoms with E-state index < -0.39 is 17.7 Å². The quantitative estimate of drug-likeness (QED) is 0.858. The molecule has 0 radical (unpaired) electrons. The van der Waals surface area contributed by atoms with E-state index in [1.54, 1.807) is 0 Å². The molecule has 0 amide bonds. The Balaban J connectivity index is 2.01. The van der Waals surface area contributed by atoms with E-state index >= 15 is 0 Å². The van der Waals surface area contributed by atoms with Crippen molar-refractivity contribution in [2.45, 2.75) is 57.7 Å². The zero-order chi connectivity index (χ0) is 15.0. The van der Waals surface area contributed by atoms with E-state index in [2.05, 4.69) is 0 Å². The summed E-state index contributed by atoms with van der Waals surface area (Å²) in [5, 5.41) is 10.5. The summed E-state index contributed by atoms with van der Waals surface area (Å²) in [6.07, 6.45) is -3.16. The van der Waals surface area contributed by atoms with Crippen LogP contribution in [-0.4, -0.2) is 16.9 Å². The van der Waals surface area contributed by atoms with Crippen LogP contribution in [-0.2, 0) is 6.42 Å². The van der Waals surface area contributed by atoms with Gasteiger partial charge in [-0.1, -0.05) is 18.2 Å². The van der Waals surface area contributed by atoms with Gasteiger partial charge in [-0.2, -0.15) is 13.2 Å². The minimum Gasteiger partial charge on any atom is -0.390 e. The molecule has 1 aromatic rings. The van der Waals surface area contributed by atoms with Gasteiger partial charge in [-0.3, -0.25) is 0 Å². The zero-order valence-electron chi connectivity index (χ0n) is 11.9. The van der Waals surface area contributed by atoms with Crippen molar-refractivity contribution in [2.75, 3.05) is 0 Å². The SMILES string of the molecule is Cc1ccc(CC2(O)CCC(C(F)(F)F)CC2)cc1C. The molecule has 20 heavy (non-hydrogen) atoms. The minimum atomic E-state index is -4.12. The van der Waals surface area contributed by atoms with Crippen LogP contribution in [0.2, 0.25) is 0 Å². The third-order valence-electron chi connectivity index (χ3n) is 4.48. The summed E-state index contributed by atoms with van der Waals surface area (Å²) in [7, 11) is 0. The van der Waals surface area contributed by atoms with Gasteiger partial charge >= 0.3 is 6.18 Å². The molecule has 0 spiro atoms. The Morgan fingerprint density at radius 2 is 1.75 bits per heavy atom. The molecule has 0 aliphatic heterocycles. The van der Waals surface area contributed by atoms with Crippen molar-refractivity contribution in [3.63, 3.8) is 0 Å². The summed E-state index contributed by atoms with van der Waals surface area (Å²) in [4.78, 5) is 0. The first-order valence-corrected chi connectivity index (χ1v) is 7.05. The van der Waals surface area contributed by atoms with Crippen molar-refractivity contribution in [2.24, 2.45) is 5.92 Å². The van der Waals surface area contributed by atoms with Crippen LogP contribution in [0, 0.1) is 19.8 Å². The number of benzene rings is 1. The molecule has 1 aromatic carbocycles. The molecular weight excluding hydrogens is 265 g/mol. The van der Waals surface area contributed by atoms with E-state index in [-0.39, 0.29) is 25.7 Å². The zero-order valence-corrected chi connectivity index (χ0v) is 11.9. The molecule has 1 aliphatic carbocycles. The fourth-order valence-electron chi connectivity index (χ4n) is 2.95. The van der Waals surface area contributed by atoms with Crippen LogP contribution >= 0.6 is 0 Å². The van der Waals surface area contributed by atoms with Gasteiger partial charge in [0.1, 0.15) is 0 Å². The first kappa shape index (κ1) is 15.4. The lowest BCUT2D eigenvalue weighted by molar-refractivity contribution is -0.192. The maximum atomic E-state index is 12.6. The molecule has 0 saturated heterocycles. The normalized spacial score (nSPS) is 27.6. The number of rotatable bonds is 2. The van der Waals surface area contributed by atoms with Gasteiger partial charge in [-0.25, -0.2) is 0 Å². The van der Waals surface area contributed by atoms with Crippen LogP contribution in [0.25, 0.3) is 0 Å². The van der Waals surface area contributed by atoms with Crippen molar-refractivity contribution >= 4 is 0 Å². The van der Waals surface area contributed by atoms with Crippen LogP contribution < -0.4 is 0 Å². The molecule has 0 aromatic heterocycles. The van der Waals surface area contributed by atoms with Crippen LogP contribution in [0.4, 0.5) is 13.2 Å². The van der Waals surface area contributed by atoms with E-state index in [0.29, 0.717) is 6.42 Å².